The van der Waals surface area contributed by atoms with Gasteiger partial charge in [-0.25, -0.2) is 0 Å². The average molecular weight is 170 g/mol. The third kappa shape index (κ3) is 6.13. The fraction of sp³-hybridized carbons (Fsp3) is 0.600. The summed E-state index contributed by atoms with van der Waals surface area (Å²) in [5.74, 6) is 0. The summed E-state index contributed by atoms with van der Waals surface area (Å²) in [4.78, 5) is 0. The van der Waals surface area contributed by atoms with Gasteiger partial charge in [-0.15, -0.1) is 6.58 Å². The number of aliphatic hydroxyl groups excluding tert-OH is 2. The first-order valence-corrected chi connectivity index (χ1v) is 4.26. The molecule has 0 aliphatic carbocycles. The summed E-state index contributed by atoms with van der Waals surface area (Å²) in [6.45, 7) is 5.59. The fourth-order valence-electron chi connectivity index (χ4n) is 0.962. The monoisotopic (exact) mass is 170 g/mol. The number of hydrogen-bond acceptors (Lipinski definition) is 2. The van der Waals surface area contributed by atoms with Gasteiger partial charge in [0.2, 0.25) is 0 Å². The number of hydrogen-bond donors (Lipinski definition) is 2. The van der Waals surface area contributed by atoms with Crippen molar-refractivity contribution < 1.29 is 10.2 Å². The highest BCUT2D eigenvalue weighted by atomic mass is 16.3. The molecule has 0 rings (SSSR count). The van der Waals surface area contributed by atoms with Crippen LogP contribution < -0.4 is 0 Å². The Morgan fingerprint density at radius 3 is 2.75 bits per heavy atom. The molecule has 0 aliphatic heterocycles. The van der Waals surface area contributed by atoms with Crippen LogP contribution in [0.5, 0.6) is 0 Å². The van der Waals surface area contributed by atoms with E-state index in [1.807, 2.05) is 6.92 Å². The topological polar surface area (TPSA) is 40.5 Å². The smallest absolute Gasteiger partial charge is 0.0614 e. The van der Waals surface area contributed by atoms with Crippen LogP contribution in [-0.4, -0.2) is 22.9 Å². The van der Waals surface area contributed by atoms with Gasteiger partial charge in [0.15, 0.2) is 0 Å². The minimum Gasteiger partial charge on any atom is -0.393 e. The molecule has 0 saturated heterocycles. The Bertz CT molecular complexity index is 150. The van der Waals surface area contributed by atoms with Gasteiger partial charge >= 0.3 is 0 Å². The Morgan fingerprint density at radius 1 is 1.58 bits per heavy atom. The van der Waals surface area contributed by atoms with Crippen LogP contribution in [0.25, 0.3) is 0 Å². The van der Waals surface area contributed by atoms with E-state index in [9.17, 15) is 5.11 Å². The van der Waals surface area contributed by atoms with Crippen LogP contribution in [0, 0.1) is 0 Å². The van der Waals surface area contributed by atoms with Crippen LogP contribution in [0.4, 0.5) is 0 Å². The molecule has 0 bridgehead atoms. The first-order valence-electron chi connectivity index (χ1n) is 4.26. The molecule has 0 aromatic heterocycles. The van der Waals surface area contributed by atoms with Crippen LogP contribution in [-0.2, 0) is 0 Å². The first kappa shape index (κ1) is 11.4. The lowest BCUT2D eigenvalue weighted by atomic mass is 10.1. The van der Waals surface area contributed by atoms with Crippen LogP contribution in [0.15, 0.2) is 24.3 Å². The van der Waals surface area contributed by atoms with Gasteiger partial charge in [0.1, 0.15) is 0 Å². The molecule has 0 unspecified atom stereocenters. The van der Waals surface area contributed by atoms with Crippen molar-refractivity contribution in [3.63, 3.8) is 0 Å². The van der Waals surface area contributed by atoms with Crippen molar-refractivity contribution in [2.75, 3.05) is 6.61 Å². The van der Waals surface area contributed by atoms with Crippen LogP contribution in [0.2, 0.25) is 0 Å². The number of allylic oxidation sites excluding steroid dienone is 1. The molecule has 2 N–H and O–H groups in total. The van der Waals surface area contributed by atoms with Crippen LogP contribution >= 0.6 is 0 Å². The molecule has 0 spiro atoms. The molecule has 0 amide bonds. The van der Waals surface area contributed by atoms with E-state index in [0.717, 1.165) is 18.4 Å². The van der Waals surface area contributed by atoms with E-state index in [1.165, 1.54) is 0 Å². The largest absolute Gasteiger partial charge is 0.393 e. The molecule has 0 fully saturated rings. The normalized spacial score (nSPS) is 14.4. The average Bonchev–Trinajstić information content (AvgIpc) is 2.02. The summed E-state index contributed by atoms with van der Waals surface area (Å²) in [5.41, 5.74) is 1.13. The molecule has 2 heteroatoms. The van der Waals surface area contributed by atoms with Crippen molar-refractivity contribution in [1.82, 2.24) is 0 Å². The molecule has 0 aromatic rings. The van der Waals surface area contributed by atoms with Crippen molar-refractivity contribution in [3.8, 4) is 0 Å². The van der Waals surface area contributed by atoms with E-state index in [1.54, 1.807) is 12.2 Å². The number of rotatable bonds is 6. The van der Waals surface area contributed by atoms with Crippen molar-refractivity contribution in [1.29, 1.82) is 0 Å². The summed E-state index contributed by atoms with van der Waals surface area (Å²) >= 11 is 0. The second-order valence-corrected chi connectivity index (χ2v) is 2.95. The predicted molar refractivity (Wildman–Crippen MR) is 50.9 cm³/mol. The highest BCUT2D eigenvalue weighted by molar-refractivity contribution is 4.98. The molecule has 0 heterocycles. The standard InChI is InChI=1S/C10H18O2/c1-3-4-10(12)6-5-9(2)7-8-11/h3,7,10-12H,1,4-6,8H2,2H3/b9-7+/t10-/m0/s1. The molecule has 70 valence electrons. The minimum absolute atomic E-state index is 0.0867. The molecule has 1 atom stereocenters. The molecule has 0 aliphatic rings. The summed E-state index contributed by atoms with van der Waals surface area (Å²) in [6, 6.07) is 0. The van der Waals surface area contributed by atoms with Crippen molar-refractivity contribution in [3.05, 3.63) is 24.3 Å². The Hall–Kier alpha value is -0.600. The Balaban J connectivity index is 3.52. The van der Waals surface area contributed by atoms with Gasteiger partial charge < -0.3 is 10.2 Å². The second kappa shape index (κ2) is 7.07. The zero-order valence-electron chi connectivity index (χ0n) is 7.66. The number of aliphatic hydroxyl groups is 2. The zero-order valence-corrected chi connectivity index (χ0v) is 7.66. The highest BCUT2D eigenvalue weighted by Gasteiger charge is 2.00. The van der Waals surface area contributed by atoms with Gasteiger partial charge in [-0.2, -0.15) is 0 Å². The molecule has 0 radical (unpaired) electrons. The molecule has 2 nitrogen and oxygen atoms in total. The second-order valence-electron chi connectivity index (χ2n) is 2.95. The van der Waals surface area contributed by atoms with E-state index >= 15 is 0 Å². The van der Waals surface area contributed by atoms with E-state index in [0.29, 0.717) is 6.42 Å². The first-order chi connectivity index (χ1) is 5.70. The van der Waals surface area contributed by atoms with Crippen molar-refractivity contribution >= 4 is 0 Å². The Labute approximate surface area is 74.2 Å². The highest BCUT2D eigenvalue weighted by Crippen LogP contribution is 2.08. The lowest BCUT2D eigenvalue weighted by Crippen LogP contribution is -2.04. The summed E-state index contributed by atoms with van der Waals surface area (Å²) < 4.78 is 0. The molecule has 0 aromatic carbocycles. The summed E-state index contributed by atoms with van der Waals surface area (Å²) in [5, 5.41) is 17.9. The predicted octanol–water partition coefficient (Wildman–Crippen LogP) is 1.64. The van der Waals surface area contributed by atoms with E-state index in [2.05, 4.69) is 6.58 Å². The maximum absolute atomic E-state index is 9.31. The van der Waals surface area contributed by atoms with Crippen LogP contribution in [0.1, 0.15) is 26.2 Å². The Kier molecular flexibility index (Phi) is 6.72. The van der Waals surface area contributed by atoms with Crippen LogP contribution in [0.3, 0.4) is 0 Å². The van der Waals surface area contributed by atoms with Gasteiger partial charge in [0.05, 0.1) is 12.7 Å². The van der Waals surface area contributed by atoms with Crippen molar-refractivity contribution in [2.24, 2.45) is 0 Å². The van der Waals surface area contributed by atoms with Gasteiger partial charge in [0.25, 0.3) is 0 Å². The van der Waals surface area contributed by atoms with Gasteiger partial charge in [-0.3, -0.25) is 0 Å². The third-order valence-electron chi connectivity index (χ3n) is 1.75. The minimum atomic E-state index is -0.287. The third-order valence-corrected chi connectivity index (χ3v) is 1.75. The fourth-order valence-corrected chi connectivity index (χ4v) is 0.962. The summed E-state index contributed by atoms with van der Waals surface area (Å²) in [7, 11) is 0. The molecular weight excluding hydrogens is 152 g/mol. The van der Waals surface area contributed by atoms with E-state index in [-0.39, 0.29) is 12.7 Å². The SMILES string of the molecule is C=CC[C@H](O)CC/C(C)=C/CO. The maximum atomic E-state index is 9.31. The van der Waals surface area contributed by atoms with Gasteiger partial charge in [-0.05, 0) is 26.2 Å². The molecule has 12 heavy (non-hydrogen) atoms. The lowest BCUT2D eigenvalue weighted by molar-refractivity contribution is 0.168. The lowest BCUT2D eigenvalue weighted by Gasteiger charge is -2.07. The molecule has 0 saturated carbocycles. The van der Waals surface area contributed by atoms with Crippen molar-refractivity contribution in [2.45, 2.75) is 32.3 Å². The van der Waals surface area contributed by atoms with E-state index in [4.69, 9.17) is 5.11 Å². The van der Waals surface area contributed by atoms with E-state index < -0.39 is 0 Å². The summed E-state index contributed by atoms with van der Waals surface area (Å²) in [6.07, 6.45) is 5.43. The Morgan fingerprint density at radius 2 is 2.25 bits per heavy atom. The maximum Gasteiger partial charge on any atom is 0.0614 e. The van der Waals surface area contributed by atoms with Gasteiger partial charge in [0, 0.05) is 0 Å². The zero-order chi connectivity index (χ0) is 9.40. The quantitative estimate of drug-likeness (QED) is 0.595. The van der Waals surface area contributed by atoms with Gasteiger partial charge in [-0.1, -0.05) is 17.7 Å². The molecular formula is C10H18O2.